The third-order valence-electron chi connectivity index (χ3n) is 6.93. The van der Waals surface area contributed by atoms with Crippen LogP contribution in [0.4, 0.5) is 5.00 Å². The van der Waals surface area contributed by atoms with Crippen molar-refractivity contribution in [1.82, 2.24) is 15.5 Å². The average molecular weight is 548 g/mol. The van der Waals surface area contributed by atoms with Crippen molar-refractivity contribution in [2.24, 2.45) is 4.99 Å². The number of guanidine groups is 1. The molecule has 3 heterocycles. The number of rotatable bonds is 5. The van der Waals surface area contributed by atoms with E-state index in [9.17, 15) is 0 Å². The van der Waals surface area contributed by atoms with Gasteiger partial charge >= 0.3 is 0 Å². The van der Waals surface area contributed by atoms with E-state index < -0.39 is 0 Å². The van der Waals surface area contributed by atoms with Crippen molar-refractivity contribution in [1.29, 1.82) is 0 Å². The lowest BCUT2D eigenvalue weighted by atomic mass is 9.80. The zero-order valence-electron chi connectivity index (χ0n) is 18.3. The molecule has 1 aromatic heterocycles. The number of nitrogens with one attached hydrogen (secondary N) is 2. The lowest BCUT2D eigenvalue weighted by molar-refractivity contribution is -0.0352. The van der Waals surface area contributed by atoms with E-state index in [4.69, 9.17) is 4.74 Å². The number of piperidine rings is 1. The van der Waals surface area contributed by atoms with Crippen LogP contribution < -0.4 is 15.5 Å². The lowest BCUT2D eigenvalue weighted by Gasteiger charge is -2.48. The van der Waals surface area contributed by atoms with Crippen molar-refractivity contribution in [2.45, 2.75) is 56.5 Å². The zero-order chi connectivity index (χ0) is 19.9. The molecule has 0 amide bonds. The second-order valence-corrected chi connectivity index (χ2v) is 9.59. The number of nitrogens with zero attached hydrogens (tertiary/aromatic N) is 3. The maximum Gasteiger partial charge on any atom is 0.191 e. The Labute approximate surface area is 202 Å². The van der Waals surface area contributed by atoms with E-state index >= 15 is 0 Å². The van der Waals surface area contributed by atoms with Gasteiger partial charge in [-0.1, -0.05) is 19.3 Å². The summed E-state index contributed by atoms with van der Waals surface area (Å²) in [7, 11) is 1.90. The van der Waals surface area contributed by atoms with E-state index in [1.54, 1.807) is 0 Å². The zero-order valence-corrected chi connectivity index (χ0v) is 21.4. The van der Waals surface area contributed by atoms with E-state index in [1.165, 1.54) is 37.1 Å². The van der Waals surface area contributed by atoms with Gasteiger partial charge in [0.05, 0.1) is 18.2 Å². The molecule has 0 radical (unpaired) electrons. The summed E-state index contributed by atoms with van der Waals surface area (Å²) in [6.45, 7) is 7.10. The number of anilines is 1. The molecule has 6 nitrogen and oxygen atoms in total. The first-order valence-electron chi connectivity index (χ1n) is 11.4. The molecule has 0 aromatic carbocycles. The quantitative estimate of drug-likeness (QED) is 0.336. The standard InChI is InChI=1S/C22H37N5OS.HI/c1-23-21(25-19-7-11-26(12-8-19)20-6-5-17-29-20)24-18-22(9-3-2-4-10-22)27-13-15-28-16-14-27;/h5-6,17,19H,2-4,7-16,18H2,1H3,(H2,23,24,25);1H. The highest BCUT2D eigenvalue weighted by Gasteiger charge is 2.38. The molecule has 0 spiro atoms. The van der Waals surface area contributed by atoms with Crippen LogP contribution in [0, 0.1) is 0 Å². The topological polar surface area (TPSA) is 52.1 Å². The molecule has 1 aromatic rings. The van der Waals surface area contributed by atoms with Gasteiger partial charge in [0.2, 0.25) is 0 Å². The molecule has 3 fully saturated rings. The van der Waals surface area contributed by atoms with Gasteiger partial charge < -0.3 is 20.3 Å². The van der Waals surface area contributed by atoms with Gasteiger partial charge in [0, 0.05) is 51.4 Å². The van der Waals surface area contributed by atoms with E-state index in [2.05, 4.69) is 42.9 Å². The summed E-state index contributed by atoms with van der Waals surface area (Å²) in [6, 6.07) is 4.88. The van der Waals surface area contributed by atoms with E-state index in [1.807, 2.05) is 18.4 Å². The van der Waals surface area contributed by atoms with Crippen LogP contribution in [-0.2, 0) is 4.74 Å². The number of morpholine rings is 1. The molecule has 1 aliphatic carbocycles. The van der Waals surface area contributed by atoms with Crippen LogP contribution >= 0.6 is 35.3 Å². The third kappa shape index (κ3) is 6.01. The van der Waals surface area contributed by atoms with Crippen LogP contribution in [0.15, 0.2) is 22.5 Å². The van der Waals surface area contributed by atoms with Crippen molar-refractivity contribution in [3.63, 3.8) is 0 Å². The monoisotopic (exact) mass is 547 g/mol. The van der Waals surface area contributed by atoms with Gasteiger partial charge in [-0.25, -0.2) is 0 Å². The molecular formula is C22H38IN5OS. The molecule has 1 saturated carbocycles. The van der Waals surface area contributed by atoms with Gasteiger partial charge in [0.1, 0.15) is 0 Å². The van der Waals surface area contributed by atoms with Gasteiger partial charge in [-0.2, -0.15) is 0 Å². The second kappa shape index (κ2) is 11.9. The average Bonchev–Trinajstić information content (AvgIpc) is 3.33. The maximum atomic E-state index is 5.62. The highest BCUT2D eigenvalue weighted by atomic mass is 127. The molecule has 4 rings (SSSR count). The van der Waals surface area contributed by atoms with Crippen molar-refractivity contribution < 1.29 is 4.74 Å². The summed E-state index contributed by atoms with van der Waals surface area (Å²) in [5, 5.41) is 11.0. The molecule has 170 valence electrons. The van der Waals surface area contributed by atoms with Crippen molar-refractivity contribution >= 4 is 46.3 Å². The van der Waals surface area contributed by atoms with Gasteiger partial charge in [0.15, 0.2) is 5.96 Å². The van der Waals surface area contributed by atoms with Crippen LogP contribution in [0.2, 0.25) is 0 Å². The predicted molar refractivity (Wildman–Crippen MR) is 138 cm³/mol. The number of hydrogen-bond donors (Lipinski definition) is 2. The Bertz CT molecular complexity index is 636. The number of thiophene rings is 1. The first-order valence-corrected chi connectivity index (χ1v) is 12.3. The number of hydrogen-bond acceptors (Lipinski definition) is 5. The summed E-state index contributed by atoms with van der Waals surface area (Å²) in [6.07, 6.45) is 8.95. The normalized spacial score (nSPS) is 23.6. The summed E-state index contributed by atoms with van der Waals surface area (Å²) >= 11 is 1.84. The van der Waals surface area contributed by atoms with Crippen LogP contribution in [0.25, 0.3) is 0 Å². The fourth-order valence-electron chi connectivity index (χ4n) is 5.18. The second-order valence-electron chi connectivity index (χ2n) is 8.67. The Morgan fingerprint density at radius 3 is 2.53 bits per heavy atom. The highest BCUT2D eigenvalue weighted by molar-refractivity contribution is 14.0. The smallest absolute Gasteiger partial charge is 0.191 e. The van der Waals surface area contributed by atoms with Crippen molar-refractivity contribution in [3.8, 4) is 0 Å². The van der Waals surface area contributed by atoms with Crippen molar-refractivity contribution in [2.75, 3.05) is 57.9 Å². The largest absolute Gasteiger partial charge is 0.379 e. The highest BCUT2D eigenvalue weighted by Crippen LogP contribution is 2.34. The molecular weight excluding hydrogens is 509 g/mol. The Balaban J connectivity index is 0.00000256. The van der Waals surface area contributed by atoms with E-state index in [0.29, 0.717) is 6.04 Å². The lowest BCUT2D eigenvalue weighted by Crippen LogP contribution is -2.61. The third-order valence-corrected chi connectivity index (χ3v) is 7.86. The van der Waals surface area contributed by atoms with Crippen LogP contribution in [0.3, 0.4) is 0 Å². The van der Waals surface area contributed by atoms with Gasteiger partial charge in [-0.3, -0.25) is 9.89 Å². The molecule has 0 bridgehead atoms. The van der Waals surface area contributed by atoms with Crippen LogP contribution in [0.5, 0.6) is 0 Å². The van der Waals surface area contributed by atoms with Crippen molar-refractivity contribution in [3.05, 3.63) is 17.5 Å². The SMILES string of the molecule is CN=C(NCC1(N2CCOCC2)CCCCC1)NC1CCN(c2cccs2)CC1.I. The molecule has 3 aliphatic rings. The summed E-state index contributed by atoms with van der Waals surface area (Å²) < 4.78 is 5.62. The Hall–Kier alpha value is -0.580. The summed E-state index contributed by atoms with van der Waals surface area (Å²) in [5.41, 5.74) is 0.266. The van der Waals surface area contributed by atoms with Crippen LogP contribution in [-0.4, -0.2) is 75.4 Å². The molecule has 2 aliphatic heterocycles. The molecule has 0 unspecified atom stereocenters. The first kappa shape index (κ1) is 24.1. The Kier molecular flexibility index (Phi) is 9.53. The minimum absolute atomic E-state index is 0. The maximum absolute atomic E-state index is 5.62. The number of ether oxygens (including phenoxy) is 1. The minimum atomic E-state index is 0. The fraction of sp³-hybridized carbons (Fsp3) is 0.773. The minimum Gasteiger partial charge on any atom is -0.379 e. The molecule has 30 heavy (non-hydrogen) atoms. The summed E-state index contributed by atoms with van der Waals surface area (Å²) in [5.74, 6) is 0.970. The number of aliphatic imine (C=N–C) groups is 1. The van der Waals surface area contributed by atoms with Gasteiger partial charge in [-0.15, -0.1) is 35.3 Å². The predicted octanol–water partition coefficient (Wildman–Crippen LogP) is 3.54. The molecule has 2 N–H and O–H groups in total. The summed E-state index contributed by atoms with van der Waals surface area (Å²) in [4.78, 5) is 9.75. The molecule has 8 heteroatoms. The molecule has 0 atom stereocenters. The fourth-order valence-corrected chi connectivity index (χ4v) is 5.97. The van der Waals surface area contributed by atoms with Gasteiger partial charge in [0.25, 0.3) is 0 Å². The van der Waals surface area contributed by atoms with Crippen LogP contribution in [0.1, 0.15) is 44.9 Å². The van der Waals surface area contributed by atoms with Gasteiger partial charge in [-0.05, 0) is 43.2 Å². The first-order chi connectivity index (χ1) is 14.3. The van der Waals surface area contributed by atoms with E-state index in [0.717, 1.165) is 64.7 Å². The Morgan fingerprint density at radius 2 is 1.90 bits per heavy atom. The number of halogens is 1. The molecule has 2 saturated heterocycles. The van der Waals surface area contributed by atoms with E-state index in [-0.39, 0.29) is 29.5 Å². The Morgan fingerprint density at radius 1 is 1.17 bits per heavy atom.